The molecule has 1 aromatic carbocycles. The number of aromatic nitrogens is 1. The van der Waals surface area contributed by atoms with E-state index in [2.05, 4.69) is 15.3 Å². The van der Waals surface area contributed by atoms with Crippen molar-refractivity contribution >= 4 is 29.2 Å². The van der Waals surface area contributed by atoms with Crippen molar-refractivity contribution in [2.75, 3.05) is 7.11 Å². The molecule has 0 saturated heterocycles. The van der Waals surface area contributed by atoms with E-state index in [1.54, 1.807) is 25.4 Å². The Bertz CT molecular complexity index is 689. The summed E-state index contributed by atoms with van der Waals surface area (Å²) in [7, 11) is 1.60. The van der Waals surface area contributed by atoms with E-state index >= 15 is 0 Å². The minimum Gasteiger partial charge on any atom is -0.495 e. The highest BCUT2D eigenvalue weighted by molar-refractivity contribution is 6.35. The molecule has 5 nitrogen and oxygen atoms in total. The predicted molar refractivity (Wildman–Crippen MR) is 94.1 cm³/mol. The van der Waals surface area contributed by atoms with Crippen molar-refractivity contribution in [2.45, 2.75) is 19.5 Å². The maximum absolute atomic E-state index is 6.18. The van der Waals surface area contributed by atoms with E-state index in [0.717, 1.165) is 11.3 Å². The molecule has 0 fully saturated rings. The first kappa shape index (κ1) is 17.4. The Morgan fingerprint density at radius 2 is 2.13 bits per heavy atom. The molecular formula is C16H18Cl2N4O. The molecule has 0 bridgehead atoms. The molecule has 0 radical (unpaired) electrons. The van der Waals surface area contributed by atoms with Gasteiger partial charge in [0.1, 0.15) is 5.75 Å². The van der Waals surface area contributed by atoms with Crippen LogP contribution in [0.2, 0.25) is 10.0 Å². The molecule has 0 aliphatic heterocycles. The molecule has 3 N–H and O–H groups in total. The standard InChI is InChI=1S/C16H18Cl2N4O/c1-10(14-6-3-11(17)7-15(14)18)22-16(19)21-8-12-4-5-13(23-2)9-20-12/h3-7,9-10H,8H2,1-2H3,(H3,19,21,22). The van der Waals surface area contributed by atoms with Crippen LogP contribution in [0, 0.1) is 0 Å². The first-order valence-electron chi connectivity index (χ1n) is 7.00. The van der Waals surface area contributed by atoms with Gasteiger partial charge in [-0.15, -0.1) is 0 Å². The van der Waals surface area contributed by atoms with Gasteiger partial charge in [-0.1, -0.05) is 29.3 Å². The van der Waals surface area contributed by atoms with Gasteiger partial charge >= 0.3 is 0 Å². The van der Waals surface area contributed by atoms with E-state index in [-0.39, 0.29) is 6.04 Å². The number of pyridine rings is 1. The summed E-state index contributed by atoms with van der Waals surface area (Å²) < 4.78 is 5.06. The number of halogens is 2. The average Bonchev–Trinajstić information content (AvgIpc) is 2.53. The van der Waals surface area contributed by atoms with Gasteiger partial charge in [0.05, 0.1) is 31.6 Å². The SMILES string of the molecule is COc1ccc(CN=C(N)NC(C)c2ccc(Cl)cc2Cl)nc1. The molecule has 0 saturated carbocycles. The number of ether oxygens (including phenoxy) is 1. The predicted octanol–water partition coefficient (Wildman–Crippen LogP) is 3.56. The van der Waals surface area contributed by atoms with Crippen LogP contribution in [0.1, 0.15) is 24.2 Å². The summed E-state index contributed by atoms with van der Waals surface area (Å²) in [5.41, 5.74) is 7.61. The van der Waals surface area contributed by atoms with E-state index in [4.69, 9.17) is 33.7 Å². The number of nitrogens with two attached hydrogens (primary N) is 1. The van der Waals surface area contributed by atoms with Gasteiger partial charge in [0, 0.05) is 10.0 Å². The van der Waals surface area contributed by atoms with E-state index in [9.17, 15) is 0 Å². The largest absolute Gasteiger partial charge is 0.495 e. The van der Waals surface area contributed by atoms with Crippen LogP contribution in [0.3, 0.4) is 0 Å². The second-order valence-electron chi connectivity index (χ2n) is 4.92. The van der Waals surface area contributed by atoms with Gasteiger partial charge in [-0.25, -0.2) is 4.99 Å². The van der Waals surface area contributed by atoms with Gasteiger partial charge in [0.2, 0.25) is 0 Å². The fourth-order valence-electron chi connectivity index (χ4n) is 1.99. The first-order valence-corrected chi connectivity index (χ1v) is 7.75. The molecule has 1 heterocycles. The zero-order chi connectivity index (χ0) is 16.8. The number of rotatable bonds is 5. The summed E-state index contributed by atoms with van der Waals surface area (Å²) in [4.78, 5) is 8.50. The topological polar surface area (TPSA) is 72.5 Å². The molecule has 0 aliphatic carbocycles. The van der Waals surface area contributed by atoms with Crippen molar-refractivity contribution in [3.8, 4) is 5.75 Å². The normalized spacial score (nSPS) is 12.8. The van der Waals surface area contributed by atoms with Crippen LogP contribution in [0.25, 0.3) is 0 Å². The highest BCUT2D eigenvalue weighted by Gasteiger charge is 2.10. The van der Waals surface area contributed by atoms with Gasteiger partial charge < -0.3 is 15.8 Å². The molecule has 2 aromatic rings. The highest BCUT2D eigenvalue weighted by Crippen LogP contribution is 2.25. The number of hydrogen-bond donors (Lipinski definition) is 2. The molecule has 2 rings (SSSR count). The van der Waals surface area contributed by atoms with Crippen molar-refractivity contribution in [2.24, 2.45) is 10.7 Å². The van der Waals surface area contributed by atoms with Crippen molar-refractivity contribution in [3.05, 3.63) is 57.8 Å². The Morgan fingerprint density at radius 3 is 2.74 bits per heavy atom. The van der Waals surface area contributed by atoms with Gasteiger partial charge in [0.15, 0.2) is 5.96 Å². The van der Waals surface area contributed by atoms with Gasteiger partial charge in [-0.05, 0) is 36.8 Å². The van der Waals surface area contributed by atoms with E-state index in [1.165, 1.54) is 0 Å². The molecule has 1 aromatic heterocycles. The third-order valence-electron chi connectivity index (χ3n) is 3.24. The lowest BCUT2D eigenvalue weighted by molar-refractivity contribution is 0.412. The smallest absolute Gasteiger partial charge is 0.189 e. The zero-order valence-corrected chi connectivity index (χ0v) is 14.4. The van der Waals surface area contributed by atoms with Crippen LogP contribution in [0.4, 0.5) is 0 Å². The molecule has 0 amide bonds. The molecule has 1 atom stereocenters. The van der Waals surface area contributed by atoms with Gasteiger partial charge in [0.25, 0.3) is 0 Å². The summed E-state index contributed by atoms with van der Waals surface area (Å²) in [6, 6.07) is 8.93. The molecule has 0 spiro atoms. The number of hydrogen-bond acceptors (Lipinski definition) is 3. The Balaban J connectivity index is 1.97. The third-order valence-corrected chi connectivity index (χ3v) is 3.80. The molecule has 1 unspecified atom stereocenters. The highest BCUT2D eigenvalue weighted by atomic mass is 35.5. The average molecular weight is 353 g/mol. The number of nitrogens with zero attached hydrogens (tertiary/aromatic N) is 2. The number of methoxy groups -OCH3 is 1. The lowest BCUT2D eigenvalue weighted by Crippen LogP contribution is -2.34. The zero-order valence-electron chi connectivity index (χ0n) is 12.9. The van der Waals surface area contributed by atoms with E-state index < -0.39 is 0 Å². The monoisotopic (exact) mass is 352 g/mol. The summed E-state index contributed by atoms with van der Waals surface area (Å²) >= 11 is 12.1. The Labute approximate surface area is 145 Å². The van der Waals surface area contributed by atoms with Crippen molar-refractivity contribution in [1.29, 1.82) is 0 Å². The fourth-order valence-corrected chi connectivity index (χ4v) is 2.56. The minimum absolute atomic E-state index is 0.0904. The maximum atomic E-state index is 6.18. The lowest BCUT2D eigenvalue weighted by atomic mass is 10.1. The second kappa shape index (κ2) is 8.04. The lowest BCUT2D eigenvalue weighted by Gasteiger charge is -2.16. The maximum Gasteiger partial charge on any atom is 0.189 e. The molecule has 122 valence electrons. The number of nitrogens with one attached hydrogen (secondary N) is 1. The summed E-state index contributed by atoms with van der Waals surface area (Å²) in [6.45, 7) is 2.33. The number of aliphatic imine (C=N–C) groups is 1. The molecule has 0 aliphatic rings. The van der Waals surface area contributed by atoms with Crippen molar-refractivity contribution in [3.63, 3.8) is 0 Å². The van der Waals surface area contributed by atoms with E-state index in [1.807, 2.05) is 25.1 Å². The summed E-state index contributed by atoms with van der Waals surface area (Å²) in [6.07, 6.45) is 1.64. The van der Waals surface area contributed by atoms with Gasteiger partial charge in [-0.3, -0.25) is 4.98 Å². The molecule has 7 heteroatoms. The third kappa shape index (κ3) is 5.01. The van der Waals surface area contributed by atoms with Crippen LogP contribution >= 0.6 is 23.2 Å². The van der Waals surface area contributed by atoms with Gasteiger partial charge in [-0.2, -0.15) is 0 Å². The van der Waals surface area contributed by atoms with Crippen LogP contribution in [0.15, 0.2) is 41.5 Å². The Hall–Kier alpha value is -1.98. The van der Waals surface area contributed by atoms with Crippen LogP contribution < -0.4 is 15.8 Å². The fraction of sp³-hybridized carbons (Fsp3) is 0.250. The van der Waals surface area contributed by atoms with Crippen LogP contribution in [0.5, 0.6) is 5.75 Å². The van der Waals surface area contributed by atoms with Crippen LogP contribution in [-0.2, 0) is 6.54 Å². The quantitative estimate of drug-likeness (QED) is 0.637. The number of guanidine groups is 1. The number of benzene rings is 1. The summed E-state index contributed by atoms with van der Waals surface area (Å²) in [5.74, 6) is 1.02. The van der Waals surface area contributed by atoms with E-state index in [0.29, 0.717) is 28.3 Å². The van der Waals surface area contributed by atoms with Crippen molar-refractivity contribution in [1.82, 2.24) is 10.3 Å². The first-order chi connectivity index (χ1) is 11.0. The second-order valence-corrected chi connectivity index (χ2v) is 5.77. The summed E-state index contributed by atoms with van der Waals surface area (Å²) in [5, 5.41) is 4.28. The molecular weight excluding hydrogens is 335 g/mol. The Kier molecular flexibility index (Phi) is 6.07. The minimum atomic E-state index is -0.0904. The van der Waals surface area contributed by atoms with Crippen molar-refractivity contribution < 1.29 is 4.74 Å². The molecule has 23 heavy (non-hydrogen) atoms. The Morgan fingerprint density at radius 1 is 1.35 bits per heavy atom. The van der Waals surface area contributed by atoms with Crippen LogP contribution in [-0.4, -0.2) is 18.1 Å².